The van der Waals surface area contributed by atoms with Crippen molar-refractivity contribution in [2.45, 2.75) is 32.8 Å². The molecule has 0 amide bonds. The second-order valence-corrected chi connectivity index (χ2v) is 5.94. The van der Waals surface area contributed by atoms with Crippen LogP contribution in [0.25, 0.3) is 0 Å². The lowest BCUT2D eigenvalue weighted by Gasteiger charge is -2.14. The number of nitrogens with zero attached hydrogens (tertiary/aromatic N) is 2. The van der Waals surface area contributed by atoms with E-state index in [1.54, 1.807) is 24.3 Å². The lowest BCUT2D eigenvalue weighted by atomic mass is 10.2. The third kappa shape index (κ3) is 10.5. The van der Waals surface area contributed by atoms with Gasteiger partial charge in [-0.2, -0.15) is 22.0 Å². The first kappa shape index (κ1) is 26.7. The zero-order valence-electron chi connectivity index (χ0n) is 16.5. The van der Waals surface area contributed by atoms with Crippen LogP contribution in [0.2, 0.25) is 0 Å². The number of aliphatic imine (C=N–C) groups is 1. The molecular weight excluding hydrogens is 538 g/mol. The van der Waals surface area contributed by atoms with E-state index in [9.17, 15) is 22.0 Å². The van der Waals surface area contributed by atoms with Crippen LogP contribution in [0.4, 0.5) is 22.0 Å². The average Bonchev–Trinajstić information content (AvgIpc) is 2.69. The van der Waals surface area contributed by atoms with E-state index in [-0.39, 0.29) is 48.7 Å². The molecule has 0 fully saturated rings. The van der Waals surface area contributed by atoms with Gasteiger partial charge in [-0.25, -0.2) is 9.98 Å². The number of pyridine rings is 1. The maximum atomic E-state index is 12.5. The second-order valence-electron chi connectivity index (χ2n) is 5.94. The summed E-state index contributed by atoms with van der Waals surface area (Å²) in [6, 6.07) is 9.27. The summed E-state index contributed by atoms with van der Waals surface area (Å²) < 4.78 is 70.5. The fourth-order valence-electron chi connectivity index (χ4n) is 2.30. The van der Waals surface area contributed by atoms with Crippen molar-refractivity contribution < 1.29 is 31.4 Å². The van der Waals surface area contributed by atoms with Gasteiger partial charge in [0, 0.05) is 30.9 Å². The quantitative estimate of drug-likeness (QED) is 0.205. The Hall–Kier alpha value is -2.38. The van der Waals surface area contributed by atoms with Crippen molar-refractivity contribution in [1.29, 1.82) is 0 Å². The van der Waals surface area contributed by atoms with Gasteiger partial charge in [-0.05, 0) is 18.6 Å². The Morgan fingerprint density at radius 1 is 1.13 bits per heavy atom. The van der Waals surface area contributed by atoms with Crippen LogP contribution >= 0.6 is 24.0 Å². The van der Waals surface area contributed by atoms with Gasteiger partial charge in [0.2, 0.25) is 5.88 Å². The average molecular weight is 560 g/mol. The van der Waals surface area contributed by atoms with Crippen LogP contribution in [0.1, 0.15) is 18.1 Å². The van der Waals surface area contributed by atoms with Gasteiger partial charge in [0.25, 0.3) is 0 Å². The maximum Gasteiger partial charge on any atom is 0.422 e. The van der Waals surface area contributed by atoms with Crippen LogP contribution < -0.4 is 20.1 Å². The molecule has 1 aromatic heterocycles. The Labute approximate surface area is 193 Å². The first-order valence-corrected chi connectivity index (χ1v) is 8.96. The van der Waals surface area contributed by atoms with Crippen LogP contribution in [0, 0.1) is 0 Å². The molecule has 2 aromatic rings. The molecule has 0 unspecified atom stereocenters. The lowest BCUT2D eigenvalue weighted by molar-refractivity contribution is -0.154. The van der Waals surface area contributed by atoms with Gasteiger partial charge in [-0.1, -0.05) is 24.3 Å². The van der Waals surface area contributed by atoms with Crippen LogP contribution in [0.5, 0.6) is 11.6 Å². The number of para-hydroxylation sites is 1. The summed E-state index contributed by atoms with van der Waals surface area (Å²) in [6.45, 7) is -1.54. The van der Waals surface area contributed by atoms with E-state index >= 15 is 0 Å². The molecule has 0 aliphatic carbocycles. The van der Waals surface area contributed by atoms with Gasteiger partial charge in [0.15, 0.2) is 12.6 Å². The topological polar surface area (TPSA) is 67.8 Å². The standard InChI is InChI=1S/C19H21F5N4O2.HI/c1-2-25-18(28-11-14-5-3-4-6-15(14)30-17(20)21)27-10-13-7-8-16(26-9-13)29-12-19(22,23)24;/h3-9,17H,2,10-12H2,1H3,(H2,25,27,28);1H. The molecule has 2 rings (SSSR count). The SMILES string of the molecule is CCNC(=NCc1ccc(OCC(F)(F)F)nc1)NCc1ccccc1OC(F)F.I. The van der Waals surface area contributed by atoms with Crippen molar-refractivity contribution in [2.24, 2.45) is 4.99 Å². The summed E-state index contributed by atoms with van der Waals surface area (Å²) in [5, 5.41) is 6.02. The first-order valence-electron chi connectivity index (χ1n) is 8.96. The lowest BCUT2D eigenvalue weighted by Crippen LogP contribution is -2.36. The minimum Gasteiger partial charge on any atom is -0.468 e. The largest absolute Gasteiger partial charge is 0.468 e. The number of alkyl halides is 5. The zero-order valence-corrected chi connectivity index (χ0v) is 18.8. The Balaban J connectivity index is 0.00000480. The normalized spacial score (nSPS) is 11.6. The molecule has 0 atom stereocenters. The summed E-state index contributed by atoms with van der Waals surface area (Å²) in [4.78, 5) is 8.17. The van der Waals surface area contributed by atoms with E-state index in [1.165, 1.54) is 18.3 Å². The van der Waals surface area contributed by atoms with Gasteiger partial charge in [0.05, 0.1) is 6.54 Å². The molecule has 0 saturated heterocycles. The number of aromatic nitrogens is 1. The molecule has 12 heteroatoms. The highest BCUT2D eigenvalue weighted by molar-refractivity contribution is 14.0. The van der Waals surface area contributed by atoms with E-state index in [4.69, 9.17) is 0 Å². The Bertz CT molecular complexity index is 820. The molecule has 0 bridgehead atoms. The molecule has 0 spiro atoms. The Morgan fingerprint density at radius 3 is 2.48 bits per heavy atom. The second kappa shape index (κ2) is 13.1. The van der Waals surface area contributed by atoms with E-state index in [1.807, 2.05) is 6.92 Å². The fraction of sp³-hybridized carbons (Fsp3) is 0.368. The molecule has 0 saturated carbocycles. The van der Waals surface area contributed by atoms with Crippen LogP contribution in [0.3, 0.4) is 0 Å². The highest BCUT2D eigenvalue weighted by Gasteiger charge is 2.28. The Morgan fingerprint density at radius 2 is 1.87 bits per heavy atom. The van der Waals surface area contributed by atoms with Crippen molar-refractivity contribution in [3.63, 3.8) is 0 Å². The molecule has 1 aromatic carbocycles. The smallest absolute Gasteiger partial charge is 0.422 e. The van der Waals surface area contributed by atoms with Gasteiger partial charge in [-0.15, -0.1) is 24.0 Å². The molecular formula is C19H22F5IN4O2. The van der Waals surface area contributed by atoms with E-state index in [2.05, 4.69) is 30.1 Å². The van der Waals surface area contributed by atoms with Crippen molar-refractivity contribution in [2.75, 3.05) is 13.2 Å². The van der Waals surface area contributed by atoms with E-state index in [0.717, 1.165) is 0 Å². The van der Waals surface area contributed by atoms with Crippen LogP contribution in [-0.4, -0.2) is 36.9 Å². The number of guanidine groups is 1. The van der Waals surface area contributed by atoms with E-state index in [0.29, 0.717) is 23.6 Å². The number of benzene rings is 1. The summed E-state index contributed by atoms with van der Waals surface area (Å²) >= 11 is 0. The molecule has 6 nitrogen and oxygen atoms in total. The number of hydrogen-bond donors (Lipinski definition) is 2. The third-order valence-corrected chi connectivity index (χ3v) is 3.58. The predicted octanol–water partition coefficient (Wildman–Crippen LogP) is 4.50. The van der Waals surface area contributed by atoms with Gasteiger partial charge < -0.3 is 20.1 Å². The number of nitrogens with one attached hydrogen (secondary N) is 2. The van der Waals surface area contributed by atoms with Crippen molar-refractivity contribution in [1.82, 2.24) is 15.6 Å². The molecule has 2 N–H and O–H groups in total. The zero-order chi connectivity index (χ0) is 22.0. The summed E-state index contributed by atoms with van der Waals surface area (Å²) in [6.07, 6.45) is -3.07. The maximum absolute atomic E-state index is 12.5. The number of halogens is 6. The van der Waals surface area contributed by atoms with Crippen LogP contribution in [-0.2, 0) is 13.1 Å². The fourth-order valence-corrected chi connectivity index (χ4v) is 2.30. The third-order valence-electron chi connectivity index (χ3n) is 3.58. The van der Waals surface area contributed by atoms with E-state index < -0.39 is 19.4 Å². The summed E-state index contributed by atoms with van der Waals surface area (Å²) in [7, 11) is 0. The van der Waals surface area contributed by atoms with Crippen molar-refractivity contribution >= 4 is 29.9 Å². The molecule has 0 aliphatic heterocycles. The number of rotatable bonds is 9. The van der Waals surface area contributed by atoms with Crippen molar-refractivity contribution in [3.8, 4) is 11.6 Å². The van der Waals surface area contributed by atoms with Gasteiger partial charge >= 0.3 is 12.8 Å². The minimum atomic E-state index is -4.43. The number of hydrogen-bond acceptors (Lipinski definition) is 4. The minimum absolute atomic E-state index is 0. The number of ether oxygens (including phenoxy) is 2. The predicted molar refractivity (Wildman–Crippen MR) is 116 cm³/mol. The molecule has 0 aliphatic rings. The monoisotopic (exact) mass is 560 g/mol. The molecule has 1 heterocycles. The van der Waals surface area contributed by atoms with Crippen molar-refractivity contribution in [3.05, 3.63) is 53.7 Å². The summed E-state index contributed by atoms with van der Waals surface area (Å²) in [5.74, 6) is 0.344. The van der Waals surface area contributed by atoms with Gasteiger partial charge in [-0.3, -0.25) is 0 Å². The summed E-state index contributed by atoms with van der Waals surface area (Å²) in [5.41, 5.74) is 1.17. The Kier molecular flexibility index (Phi) is 11.3. The highest BCUT2D eigenvalue weighted by Crippen LogP contribution is 2.20. The van der Waals surface area contributed by atoms with Crippen LogP contribution in [0.15, 0.2) is 47.6 Å². The highest BCUT2D eigenvalue weighted by atomic mass is 127. The molecule has 31 heavy (non-hydrogen) atoms. The molecule has 172 valence electrons. The molecule has 0 radical (unpaired) electrons. The van der Waals surface area contributed by atoms with Gasteiger partial charge in [0.1, 0.15) is 5.75 Å². The first-order chi connectivity index (χ1) is 14.3.